The molecule has 122 valence electrons. The number of carbonyl (C=O) groups excluding carboxylic acids is 1. The van der Waals surface area contributed by atoms with Gasteiger partial charge in [-0.15, -0.1) is 0 Å². The fourth-order valence-corrected chi connectivity index (χ4v) is 2.53. The summed E-state index contributed by atoms with van der Waals surface area (Å²) in [5.41, 5.74) is 0.546. The summed E-state index contributed by atoms with van der Waals surface area (Å²) in [5.74, 6) is -0.575. The molecule has 0 saturated carbocycles. The summed E-state index contributed by atoms with van der Waals surface area (Å²) < 4.78 is 44.6. The lowest BCUT2D eigenvalue weighted by Crippen LogP contribution is -2.46. The molecule has 1 aromatic rings. The van der Waals surface area contributed by atoms with E-state index in [0.29, 0.717) is 18.6 Å². The molecule has 3 nitrogen and oxygen atoms in total. The van der Waals surface area contributed by atoms with Crippen LogP contribution in [0.5, 0.6) is 0 Å². The van der Waals surface area contributed by atoms with E-state index in [1.54, 1.807) is 30.3 Å². The first-order valence-corrected chi connectivity index (χ1v) is 7.47. The van der Waals surface area contributed by atoms with Gasteiger partial charge in [0.25, 0.3) is 0 Å². The second-order valence-corrected chi connectivity index (χ2v) is 5.53. The summed E-state index contributed by atoms with van der Waals surface area (Å²) in [5, 5.41) is 2.11. The Morgan fingerprint density at radius 1 is 1.32 bits per heavy atom. The number of carbonyl (C=O) groups is 1. The van der Waals surface area contributed by atoms with Gasteiger partial charge in [-0.2, -0.15) is 13.2 Å². The monoisotopic (exact) mass is 315 g/mol. The molecule has 1 saturated heterocycles. The fourth-order valence-electron chi connectivity index (χ4n) is 2.53. The van der Waals surface area contributed by atoms with Crippen molar-refractivity contribution in [2.75, 3.05) is 6.61 Å². The number of hydrogen-bond acceptors (Lipinski definition) is 2. The Kier molecular flexibility index (Phi) is 5.83. The quantitative estimate of drug-likeness (QED) is 0.875. The molecule has 1 heterocycles. The van der Waals surface area contributed by atoms with Crippen LogP contribution in [0.2, 0.25) is 0 Å². The van der Waals surface area contributed by atoms with E-state index < -0.39 is 18.1 Å². The van der Waals surface area contributed by atoms with Crippen molar-refractivity contribution in [2.24, 2.45) is 0 Å². The molecule has 0 aliphatic carbocycles. The minimum absolute atomic E-state index is 0.00390. The van der Waals surface area contributed by atoms with Gasteiger partial charge >= 0.3 is 6.18 Å². The average molecular weight is 315 g/mol. The zero-order valence-electron chi connectivity index (χ0n) is 12.2. The largest absolute Gasteiger partial charge is 0.408 e. The highest BCUT2D eigenvalue weighted by atomic mass is 19.4. The molecule has 1 N–H and O–H groups in total. The molecule has 2 unspecified atom stereocenters. The summed E-state index contributed by atoms with van der Waals surface area (Å²) in [6.45, 7) is 0.672. The maximum atomic E-state index is 13.1. The number of benzene rings is 1. The maximum Gasteiger partial charge on any atom is 0.408 e. The Labute approximate surface area is 127 Å². The van der Waals surface area contributed by atoms with Gasteiger partial charge in [-0.3, -0.25) is 4.79 Å². The summed E-state index contributed by atoms with van der Waals surface area (Å²) in [6.07, 6.45) is -2.35. The van der Waals surface area contributed by atoms with Crippen LogP contribution in [0.1, 0.15) is 31.2 Å². The molecular formula is C16H20F3NO2. The number of alkyl halides is 3. The molecule has 22 heavy (non-hydrogen) atoms. The van der Waals surface area contributed by atoms with Crippen molar-refractivity contribution in [3.63, 3.8) is 0 Å². The third-order valence-corrected chi connectivity index (χ3v) is 3.73. The van der Waals surface area contributed by atoms with Gasteiger partial charge < -0.3 is 10.1 Å². The SMILES string of the molecule is O=C(CCC1CCCO1)NC(Cc1ccccc1)C(F)(F)F. The Morgan fingerprint density at radius 2 is 2.05 bits per heavy atom. The van der Waals surface area contributed by atoms with E-state index in [1.165, 1.54) is 0 Å². The van der Waals surface area contributed by atoms with Crippen LogP contribution in [-0.4, -0.2) is 30.8 Å². The van der Waals surface area contributed by atoms with E-state index in [-0.39, 0.29) is 18.9 Å². The van der Waals surface area contributed by atoms with E-state index in [9.17, 15) is 18.0 Å². The third-order valence-electron chi connectivity index (χ3n) is 3.73. The normalized spacial score (nSPS) is 19.9. The van der Waals surface area contributed by atoms with Crippen LogP contribution in [0.15, 0.2) is 30.3 Å². The zero-order chi connectivity index (χ0) is 16.0. The van der Waals surface area contributed by atoms with Crippen LogP contribution in [0.25, 0.3) is 0 Å². The number of halogens is 3. The lowest BCUT2D eigenvalue weighted by molar-refractivity contribution is -0.161. The minimum atomic E-state index is -4.46. The van der Waals surface area contributed by atoms with Crippen LogP contribution >= 0.6 is 0 Å². The van der Waals surface area contributed by atoms with E-state index in [0.717, 1.165) is 12.8 Å². The van der Waals surface area contributed by atoms with Crippen LogP contribution < -0.4 is 5.32 Å². The zero-order valence-corrected chi connectivity index (χ0v) is 12.2. The van der Waals surface area contributed by atoms with Crippen molar-refractivity contribution in [2.45, 2.75) is 50.4 Å². The molecule has 6 heteroatoms. The Hall–Kier alpha value is -1.56. The second kappa shape index (κ2) is 7.63. The van der Waals surface area contributed by atoms with Gasteiger partial charge in [0.15, 0.2) is 0 Å². The lowest BCUT2D eigenvalue weighted by Gasteiger charge is -2.22. The van der Waals surface area contributed by atoms with Crippen LogP contribution in [0.3, 0.4) is 0 Å². The highest BCUT2D eigenvalue weighted by Gasteiger charge is 2.40. The molecule has 1 aromatic carbocycles. The van der Waals surface area contributed by atoms with Gasteiger partial charge in [-0.1, -0.05) is 30.3 Å². The van der Waals surface area contributed by atoms with Crippen molar-refractivity contribution in [3.05, 3.63) is 35.9 Å². The van der Waals surface area contributed by atoms with E-state index in [2.05, 4.69) is 5.32 Å². The minimum Gasteiger partial charge on any atom is -0.378 e. The molecule has 1 aliphatic rings. The van der Waals surface area contributed by atoms with Crippen LogP contribution in [-0.2, 0) is 16.0 Å². The molecule has 0 radical (unpaired) electrons. The summed E-state index contributed by atoms with van der Waals surface area (Å²) in [6, 6.07) is 6.50. The Balaban J connectivity index is 1.87. The molecule has 2 rings (SSSR count). The highest BCUT2D eigenvalue weighted by Crippen LogP contribution is 2.24. The molecule has 0 bridgehead atoms. The molecule has 0 aromatic heterocycles. The third kappa shape index (κ3) is 5.33. The molecule has 1 fully saturated rings. The highest BCUT2D eigenvalue weighted by molar-refractivity contribution is 5.76. The van der Waals surface area contributed by atoms with Gasteiger partial charge in [0.2, 0.25) is 5.91 Å². The van der Waals surface area contributed by atoms with Crippen LogP contribution in [0.4, 0.5) is 13.2 Å². The van der Waals surface area contributed by atoms with Crippen molar-refractivity contribution in [3.8, 4) is 0 Å². The summed E-state index contributed by atoms with van der Waals surface area (Å²) in [7, 11) is 0. The Bertz CT molecular complexity index is 470. The molecule has 0 spiro atoms. The topological polar surface area (TPSA) is 38.3 Å². The lowest BCUT2D eigenvalue weighted by atomic mass is 10.0. The molecular weight excluding hydrogens is 295 g/mol. The second-order valence-electron chi connectivity index (χ2n) is 5.53. The number of amides is 1. The summed E-state index contributed by atoms with van der Waals surface area (Å²) >= 11 is 0. The van der Waals surface area contributed by atoms with Gasteiger partial charge in [-0.25, -0.2) is 0 Å². The Morgan fingerprint density at radius 3 is 2.64 bits per heavy atom. The van der Waals surface area contributed by atoms with E-state index >= 15 is 0 Å². The number of rotatable bonds is 6. The van der Waals surface area contributed by atoms with E-state index in [1.807, 2.05) is 0 Å². The van der Waals surface area contributed by atoms with Gasteiger partial charge in [0, 0.05) is 19.4 Å². The van der Waals surface area contributed by atoms with Crippen molar-refractivity contribution >= 4 is 5.91 Å². The standard InChI is InChI=1S/C16H20F3NO2/c17-16(18,19)14(11-12-5-2-1-3-6-12)20-15(21)9-8-13-7-4-10-22-13/h1-3,5-6,13-14H,4,7-11H2,(H,20,21). The molecule has 2 atom stereocenters. The molecule has 1 aliphatic heterocycles. The molecule has 1 amide bonds. The van der Waals surface area contributed by atoms with Gasteiger partial charge in [0.05, 0.1) is 6.10 Å². The average Bonchev–Trinajstić information content (AvgIpc) is 2.98. The first-order chi connectivity index (χ1) is 10.4. The number of hydrogen-bond donors (Lipinski definition) is 1. The predicted molar refractivity (Wildman–Crippen MR) is 76.3 cm³/mol. The fraction of sp³-hybridized carbons (Fsp3) is 0.562. The van der Waals surface area contributed by atoms with Gasteiger partial charge in [-0.05, 0) is 24.8 Å². The van der Waals surface area contributed by atoms with Crippen molar-refractivity contribution in [1.82, 2.24) is 5.32 Å². The number of ether oxygens (including phenoxy) is 1. The van der Waals surface area contributed by atoms with Crippen molar-refractivity contribution in [1.29, 1.82) is 0 Å². The maximum absolute atomic E-state index is 13.1. The first-order valence-electron chi connectivity index (χ1n) is 7.47. The van der Waals surface area contributed by atoms with E-state index in [4.69, 9.17) is 4.74 Å². The number of nitrogens with one attached hydrogen (secondary N) is 1. The smallest absolute Gasteiger partial charge is 0.378 e. The predicted octanol–water partition coefficient (Wildman–Crippen LogP) is 3.24. The van der Waals surface area contributed by atoms with Crippen LogP contribution in [0, 0.1) is 0 Å². The van der Waals surface area contributed by atoms with Gasteiger partial charge in [0.1, 0.15) is 6.04 Å². The summed E-state index contributed by atoms with van der Waals surface area (Å²) in [4.78, 5) is 11.8. The first kappa shape index (κ1) is 16.8. The van der Waals surface area contributed by atoms with Crippen molar-refractivity contribution < 1.29 is 22.7 Å².